The van der Waals surface area contributed by atoms with Gasteiger partial charge in [0, 0.05) is 31.2 Å². The zero-order valence-electron chi connectivity index (χ0n) is 16.6. The third-order valence-electron chi connectivity index (χ3n) is 4.27. The first-order valence-electron chi connectivity index (χ1n) is 9.13. The molecule has 2 aromatic heterocycles. The molecular formula is C19H20ClN5O3S2. The Bertz CT molecular complexity index is 1160. The summed E-state index contributed by atoms with van der Waals surface area (Å²) >= 11 is 7.31. The van der Waals surface area contributed by atoms with Crippen LogP contribution in [-0.2, 0) is 10.0 Å². The van der Waals surface area contributed by atoms with Gasteiger partial charge in [-0.2, -0.15) is 4.31 Å². The SMILES string of the molecule is CCN(CC)S(=O)(=O)c1cc(NC(=O)c2sc(-c3ncccn3)nc2C)ccc1Cl. The molecule has 0 aliphatic heterocycles. The van der Waals surface area contributed by atoms with Gasteiger partial charge in [-0.1, -0.05) is 25.4 Å². The summed E-state index contributed by atoms with van der Waals surface area (Å²) < 4.78 is 27.0. The Morgan fingerprint density at radius 2 is 1.87 bits per heavy atom. The number of sulfonamides is 1. The Balaban J connectivity index is 1.89. The van der Waals surface area contributed by atoms with E-state index in [9.17, 15) is 13.2 Å². The van der Waals surface area contributed by atoms with E-state index in [0.29, 0.717) is 40.2 Å². The number of aryl methyl sites for hydroxylation is 1. The van der Waals surface area contributed by atoms with Crippen molar-refractivity contribution in [3.05, 3.63) is 52.3 Å². The largest absolute Gasteiger partial charge is 0.321 e. The molecule has 0 bridgehead atoms. The van der Waals surface area contributed by atoms with Gasteiger partial charge in [0.15, 0.2) is 10.8 Å². The maximum atomic E-state index is 12.8. The first-order chi connectivity index (χ1) is 14.3. The Morgan fingerprint density at radius 3 is 2.50 bits per heavy atom. The van der Waals surface area contributed by atoms with Gasteiger partial charge in [0.2, 0.25) is 10.0 Å². The maximum Gasteiger partial charge on any atom is 0.267 e. The molecule has 0 radical (unpaired) electrons. The first-order valence-corrected chi connectivity index (χ1v) is 11.8. The lowest BCUT2D eigenvalue weighted by molar-refractivity contribution is 0.102. The summed E-state index contributed by atoms with van der Waals surface area (Å²) in [4.78, 5) is 25.8. The molecule has 0 saturated carbocycles. The molecule has 8 nitrogen and oxygen atoms in total. The van der Waals surface area contributed by atoms with Crippen LogP contribution < -0.4 is 5.32 Å². The fourth-order valence-electron chi connectivity index (χ4n) is 2.78. The lowest BCUT2D eigenvalue weighted by atomic mass is 10.3. The van der Waals surface area contributed by atoms with Crippen LogP contribution in [0.4, 0.5) is 5.69 Å². The number of nitrogens with zero attached hydrogens (tertiary/aromatic N) is 4. The van der Waals surface area contributed by atoms with E-state index >= 15 is 0 Å². The number of hydrogen-bond donors (Lipinski definition) is 1. The predicted octanol–water partition coefficient (Wildman–Crippen LogP) is 3.84. The molecule has 3 aromatic rings. The molecule has 3 rings (SSSR count). The van der Waals surface area contributed by atoms with Gasteiger partial charge in [-0.15, -0.1) is 11.3 Å². The molecular weight excluding hydrogens is 446 g/mol. The number of halogens is 1. The molecule has 0 fully saturated rings. The second kappa shape index (κ2) is 9.17. The van der Waals surface area contributed by atoms with E-state index in [4.69, 9.17) is 11.6 Å². The first kappa shape index (κ1) is 22.3. The van der Waals surface area contributed by atoms with Crippen LogP contribution in [0.5, 0.6) is 0 Å². The van der Waals surface area contributed by atoms with Crippen molar-refractivity contribution in [3.8, 4) is 10.8 Å². The Kier molecular flexibility index (Phi) is 6.81. The quantitative estimate of drug-likeness (QED) is 0.568. The average Bonchev–Trinajstić information content (AvgIpc) is 3.12. The smallest absolute Gasteiger partial charge is 0.267 e. The number of rotatable bonds is 7. The molecule has 1 amide bonds. The van der Waals surface area contributed by atoms with Crippen LogP contribution in [-0.4, -0.2) is 46.7 Å². The summed E-state index contributed by atoms with van der Waals surface area (Å²) in [5.74, 6) is 0.0319. The minimum atomic E-state index is -3.77. The molecule has 2 heterocycles. The van der Waals surface area contributed by atoms with Gasteiger partial charge in [-0.25, -0.2) is 23.4 Å². The van der Waals surface area contributed by atoms with E-state index in [1.54, 1.807) is 45.3 Å². The van der Waals surface area contributed by atoms with E-state index < -0.39 is 15.9 Å². The van der Waals surface area contributed by atoms with Gasteiger partial charge in [-0.05, 0) is 31.2 Å². The van der Waals surface area contributed by atoms with Crippen molar-refractivity contribution >= 4 is 44.6 Å². The average molecular weight is 466 g/mol. The summed E-state index contributed by atoms with van der Waals surface area (Å²) in [5, 5.41) is 3.35. The number of nitrogens with one attached hydrogen (secondary N) is 1. The molecule has 1 N–H and O–H groups in total. The molecule has 30 heavy (non-hydrogen) atoms. The highest BCUT2D eigenvalue weighted by atomic mass is 35.5. The highest BCUT2D eigenvalue weighted by molar-refractivity contribution is 7.89. The number of hydrogen-bond acceptors (Lipinski definition) is 7. The van der Waals surface area contributed by atoms with Crippen molar-refractivity contribution in [3.63, 3.8) is 0 Å². The molecule has 0 atom stereocenters. The summed E-state index contributed by atoms with van der Waals surface area (Å²) in [6, 6.07) is 6.07. The predicted molar refractivity (Wildman–Crippen MR) is 117 cm³/mol. The zero-order chi connectivity index (χ0) is 21.9. The highest BCUT2D eigenvalue weighted by Crippen LogP contribution is 2.29. The van der Waals surface area contributed by atoms with Crippen LogP contribution in [0, 0.1) is 6.92 Å². The summed E-state index contributed by atoms with van der Waals surface area (Å²) in [7, 11) is -3.77. The van der Waals surface area contributed by atoms with Crippen molar-refractivity contribution in [2.75, 3.05) is 18.4 Å². The summed E-state index contributed by atoms with van der Waals surface area (Å²) in [5.41, 5.74) is 0.852. The van der Waals surface area contributed by atoms with E-state index in [1.807, 2.05) is 0 Å². The maximum absolute atomic E-state index is 12.8. The van der Waals surface area contributed by atoms with E-state index in [0.717, 1.165) is 11.3 Å². The number of amides is 1. The number of carbonyl (C=O) groups is 1. The van der Waals surface area contributed by atoms with E-state index in [2.05, 4.69) is 20.3 Å². The summed E-state index contributed by atoms with van der Waals surface area (Å²) in [6.45, 7) is 5.85. The monoisotopic (exact) mass is 465 g/mol. The number of anilines is 1. The lowest BCUT2D eigenvalue weighted by Crippen LogP contribution is -2.30. The lowest BCUT2D eigenvalue weighted by Gasteiger charge is -2.19. The van der Waals surface area contributed by atoms with Crippen LogP contribution in [0.2, 0.25) is 5.02 Å². The molecule has 0 aliphatic carbocycles. The zero-order valence-corrected chi connectivity index (χ0v) is 19.0. The van der Waals surface area contributed by atoms with Crippen molar-refractivity contribution in [1.82, 2.24) is 19.3 Å². The number of benzene rings is 1. The van der Waals surface area contributed by atoms with Gasteiger partial charge in [0.1, 0.15) is 9.77 Å². The molecule has 158 valence electrons. The molecule has 0 unspecified atom stereocenters. The topological polar surface area (TPSA) is 105 Å². The minimum absolute atomic E-state index is 0.0509. The Morgan fingerprint density at radius 1 is 1.20 bits per heavy atom. The van der Waals surface area contributed by atoms with Gasteiger partial charge < -0.3 is 5.32 Å². The van der Waals surface area contributed by atoms with Crippen LogP contribution in [0.25, 0.3) is 10.8 Å². The van der Waals surface area contributed by atoms with Crippen molar-refractivity contribution in [2.24, 2.45) is 0 Å². The van der Waals surface area contributed by atoms with Gasteiger partial charge >= 0.3 is 0 Å². The van der Waals surface area contributed by atoms with Crippen LogP contribution in [0.15, 0.2) is 41.6 Å². The van der Waals surface area contributed by atoms with Crippen molar-refractivity contribution < 1.29 is 13.2 Å². The summed E-state index contributed by atoms with van der Waals surface area (Å²) in [6.07, 6.45) is 3.20. The van der Waals surface area contributed by atoms with Crippen LogP contribution >= 0.6 is 22.9 Å². The van der Waals surface area contributed by atoms with E-state index in [1.165, 1.54) is 16.4 Å². The second-order valence-corrected chi connectivity index (χ2v) is 9.51. The van der Waals surface area contributed by atoms with Gasteiger partial charge in [0.05, 0.1) is 10.7 Å². The number of aromatic nitrogens is 3. The molecule has 0 spiro atoms. The fourth-order valence-corrected chi connectivity index (χ4v) is 5.65. The number of thiazole rings is 1. The highest BCUT2D eigenvalue weighted by Gasteiger charge is 2.25. The molecule has 1 aromatic carbocycles. The van der Waals surface area contributed by atoms with Crippen molar-refractivity contribution in [2.45, 2.75) is 25.7 Å². The van der Waals surface area contributed by atoms with Crippen LogP contribution in [0.3, 0.4) is 0 Å². The van der Waals surface area contributed by atoms with Crippen LogP contribution in [0.1, 0.15) is 29.2 Å². The normalized spacial score (nSPS) is 11.6. The molecule has 0 saturated heterocycles. The Hall–Kier alpha value is -2.40. The van der Waals surface area contributed by atoms with Gasteiger partial charge in [0.25, 0.3) is 5.91 Å². The molecule has 0 aliphatic rings. The second-order valence-electron chi connectivity index (χ2n) is 6.19. The fraction of sp³-hybridized carbons (Fsp3) is 0.263. The van der Waals surface area contributed by atoms with Gasteiger partial charge in [-0.3, -0.25) is 4.79 Å². The Labute approximate surface area is 184 Å². The third-order valence-corrected chi connectivity index (χ3v) is 7.96. The minimum Gasteiger partial charge on any atom is -0.321 e. The van der Waals surface area contributed by atoms with Crippen molar-refractivity contribution in [1.29, 1.82) is 0 Å². The third kappa shape index (κ3) is 4.51. The van der Waals surface area contributed by atoms with E-state index in [-0.39, 0.29) is 9.92 Å². The molecule has 11 heteroatoms. The number of carbonyl (C=O) groups excluding carboxylic acids is 1. The standard InChI is InChI=1S/C19H20ClN5O3S2/c1-4-25(5-2)30(27,28)15-11-13(7-8-14(15)20)24-18(26)16-12(3)23-19(29-16)17-21-9-6-10-22-17/h6-11H,4-5H2,1-3H3,(H,24,26).